The summed E-state index contributed by atoms with van der Waals surface area (Å²) < 4.78 is 33.1. The van der Waals surface area contributed by atoms with Crippen LogP contribution in [0.2, 0.25) is 0 Å². The van der Waals surface area contributed by atoms with Gasteiger partial charge in [0, 0.05) is 6.54 Å². The lowest BCUT2D eigenvalue weighted by molar-refractivity contribution is -0.119. The van der Waals surface area contributed by atoms with Crippen LogP contribution in [0, 0.1) is 6.92 Å². The highest BCUT2D eigenvalue weighted by molar-refractivity contribution is 7.92. The Kier molecular flexibility index (Phi) is 7.53. The Morgan fingerprint density at radius 3 is 2.19 bits per heavy atom. The topological polar surface area (TPSA) is 75.7 Å². The quantitative estimate of drug-likeness (QED) is 0.530. The predicted molar refractivity (Wildman–Crippen MR) is 127 cm³/mol. The van der Waals surface area contributed by atoms with Gasteiger partial charge in [-0.3, -0.25) is 9.10 Å². The molecule has 0 saturated carbocycles. The van der Waals surface area contributed by atoms with Gasteiger partial charge in [0.05, 0.1) is 17.7 Å². The molecular weight excluding hydrogens is 424 g/mol. The number of methoxy groups -OCH3 is 1. The number of rotatable bonds is 9. The molecule has 0 bridgehead atoms. The van der Waals surface area contributed by atoms with Gasteiger partial charge >= 0.3 is 0 Å². The van der Waals surface area contributed by atoms with Crippen molar-refractivity contribution in [1.29, 1.82) is 0 Å². The standard InChI is InChI=1S/C25H28N2O4S/c1-19-9-15-24(16-10-19)32(29,30)27(22-11-13-23(31-3)14-12-22)18-25(28)26-17-20(2)21-7-5-4-6-8-21/h4-16,20H,17-18H2,1-3H3,(H,26,28)/t20-/m0/s1. The third-order valence-electron chi connectivity index (χ3n) is 5.23. The van der Waals surface area contributed by atoms with Gasteiger partial charge in [0.25, 0.3) is 10.0 Å². The summed E-state index contributed by atoms with van der Waals surface area (Å²) in [5, 5.41) is 2.87. The molecule has 0 heterocycles. The average Bonchev–Trinajstić information content (AvgIpc) is 2.82. The number of carbonyl (C=O) groups excluding carboxylic acids is 1. The van der Waals surface area contributed by atoms with E-state index in [0.717, 1.165) is 15.4 Å². The fourth-order valence-corrected chi connectivity index (χ4v) is 4.67. The predicted octanol–water partition coefficient (Wildman–Crippen LogP) is 4.12. The lowest BCUT2D eigenvalue weighted by Crippen LogP contribution is -2.41. The maximum atomic E-state index is 13.4. The van der Waals surface area contributed by atoms with E-state index in [0.29, 0.717) is 18.0 Å². The Hall–Kier alpha value is -3.32. The number of hydrogen-bond acceptors (Lipinski definition) is 4. The number of amides is 1. The Labute approximate surface area is 189 Å². The minimum Gasteiger partial charge on any atom is -0.497 e. The first-order valence-corrected chi connectivity index (χ1v) is 11.8. The fourth-order valence-electron chi connectivity index (χ4n) is 3.25. The molecule has 6 nitrogen and oxygen atoms in total. The van der Waals surface area contributed by atoms with Crippen LogP contribution >= 0.6 is 0 Å². The van der Waals surface area contributed by atoms with Gasteiger partial charge in [-0.15, -0.1) is 0 Å². The van der Waals surface area contributed by atoms with E-state index in [2.05, 4.69) is 5.32 Å². The van der Waals surface area contributed by atoms with Gasteiger partial charge in [-0.25, -0.2) is 8.42 Å². The summed E-state index contributed by atoms with van der Waals surface area (Å²) in [6.45, 7) is 3.98. The molecule has 168 valence electrons. The molecule has 0 aliphatic heterocycles. The monoisotopic (exact) mass is 452 g/mol. The van der Waals surface area contributed by atoms with E-state index in [1.807, 2.05) is 44.2 Å². The van der Waals surface area contributed by atoms with E-state index in [-0.39, 0.29) is 23.3 Å². The van der Waals surface area contributed by atoms with Gasteiger partial charge in [0.1, 0.15) is 12.3 Å². The summed E-state index contributed by atoms with van der Waals surface area (Å²) in [7, 11) is -2.41. The van der Waals surface area contributed by atoms with Crippen LogP contribution in [-0.4, -0.2) is 34.5 Å². The second kappa shape index (κ2) is 10.3. The SMILES string of the molecule is COc1ccc(N(CC(=O)NC[C@H](C)c2ccccc2)S(=O)(=O)c2ccc(C)cc2)cc1. The summed E-state index contributed by atoms with van der Waals surface area (Å²) >= 11 is 0. The van der Waals surface area contributed by atoms with Crippen molar-refractivity contribution in [2.24, 2.45) is 0 Å². The first kappa shape index (κ1) is 23.3. The molecular formula is C25H28N2O4S. The van der Waals surface area contributed by atoms with Crippen molar-refractivity contribution in [2.75, 3.05) is 24.5 Å². The minimum atomic E-state index is -3.94. The lowest BCUT2D eigenvalue weighted by atomic mass is 10.0. The van der Waals surface area contributed by atoms with E-state index >= 15 is 0 Å². The zero-order valence-corrected chi connectivity index (χ0v) is 19.3. The van der Waals surface area contributed by atoms with Crippen LogP contribution in [0.15, 0.2) is 83.8 Å². The summed E-state index contributed by atoms with van der Waals surface area (Å²) in [5.41, 5.74) is 2.44. The summed E-state index contributed by atoms with van der Waals surface area (Å²) in [6.07, 6.45) is 0. The first-order chi connectivity index (χ1) is 15.3. The molecule has 0 spiro atoms. The second-order valence-corrected chi connectivity index (χ2v) is 9.50. The first-order valence-electron chi connectivity index (χ1n) is 10.4. The molecule has 32 heavy (non-hydrogen) atoms. The maximum absolute atomic E-state index is 13.4. The molecule has 0 fully saturated rings. The van der Waals surface area contributed by atoms with Gasteiger partial charge in [0.2, 0.25) is 5.91 Å². The van der Waals surface area contributed by atoms with Gasteiger partial charge in [-0.2, -0.15) is 0 Å². The highest BCUT2D eigenvalue weighted by atomic mass is 32.2. The van der Waals surface area contributed by atoms with Gasteiger partial charge in [-0.05, 0) is 54.8 Å². The number of ether oxygens (including phenoxy) is 1. The van der Waals surface area contributed by atoms with Gasteiger partial charge < -0.3 is 10.1 Å². The third-order valence-corrected chi connectivity index (χ3v) is 7.02. The van der Waals surface area contributed by atoms with E-state index in [1.165, 1.54) is 7.11 Å². The Bertz CT molecular complexity index is 1130. The van der Waals surface area contributed by atoms with Crippen molar-refractivity contribution in [3.05, 3.63) is 90.0 Å². The third kappa shape index (κ3) is 5.68. The Balaban J connectivity index is 1.82. The highest BCUT2D eigenvalue weighted by Gasteiger charge is 2.27. The maximum Gasteiger partial charge on any atom is 0.264 e. The molecule has 0 radical (unpaired) electrons. The van der Waals surface area contributed by atoms with E-state index < -0.39 is 10.0 Å². The molecule has 0 unspecified atom stereocenters. The van der Waals surface area contributed by atoms with Crippen molar-refractivity contribution in [2.45, 2.75) is 24.7 Å². The largest absolute Gasteiger partial charge is 0.497 e. The van der Waals surface area contributed by atoms with Crippen LogP contribution in [0.4, 0.5) is 5.69 Å². The Morgan fingerprint density at radius 1 is 0.969 bits per heavy atom. The Morgan fingerprint density at radius 2 is 1.59 bits per heavy atom. The van der Waals surface area contributed by atoms with E-state index in [9.17, 15) is 13.2 Å². The van der Waals surface area contributed by atoms with Crippen molar-refractivity contribution < 1.29 is 17.9 Å². The van der Waals surface area contributed by atoms with Crippen LogP contribution in [0.5, 0.6) is 5.75 Å². The summed E-state index contributed by atoms with van der Waals surface area (Å²) in [4.78, 5) is 12.9. The smallest absolute Gasteiger partial charge is 0.264 e. The molecule has 0 aliphatic rings. The molecule has 0 aromatic heterocycles. The number of carbonyl (C=O) groups is 1. The van der Waals surface area contributed by atoms with Crippen molar-refractivity contribution in [3.63, 3.8) is 0 Å². The number of hydrogen-bond donors (Lipinski definition) is 1. The number of anilines is 1. The van der Waals surface area contributed by atoms with E-state index in [1.54, 1.807) is 48.5 Å². The molecule has 3 aromatic rings. The van der Waals surface area contributed by atoms with Crippen molar-refractivity contribution >= 4 is 21.6 Å². The van der Waals surface area contributed by atoms with Crippen LogP contribution < -0.4 is 14.4 Å². The minimum absolute atomic E-state index is 0.100. The van der Waals surface area contributed by atoms with Crippen LogP contribution in [-0.2, 0) is 14.8 Å². The number of aryl methyl sites for hydroxylation is 1. The van der Waals surface area contributed by atoms with Gasteiger partial charge in [-0.1, -0.05) is 55.0 Å². The molecule has 1 atom stereocenters. The number of nitrogens with zero attached hydrogens (tertiary/aromatic N) is 1. The van der Waals surface area contributed by atoms with Crippen molar-refractivity contribution in [3.8, 4) is 5.75 Å². The van der Waals surface area contributed by atoms with Crippen LogP contribution in [0.1, 0.15) is 24.0 Å². The van der Waals surface area contributed by atoms with Crippen LogP contribution in [0.25, 0.3) is 0 Å². The zero-order chi connectivity index (χ0) is 23.1. The molecule has 7 heteroatoms. The van der Waals surface area contributed by atoms with Gasteiger partial charge in [0.15, 0.2) is 0 Å². The van der Waals surface area contributed by atoms with Crippen LogP contribution in [0.3, 0.4) is 0 Å². The highest BCUT2D eigenvalue weighted by Crippen LogP contribution is 2.26. The molecule has 1 amide bonds. The van der Waals surface area contributed by atoms with E-state index in [4.69, 9.17) is 4.74 Å². The van der Waals surface area contributed by atoms with Crippen molar-refractivity contribution in [1.82, 2.24) is 5.32 Å². The number of sulfonamides is 1. The molecule has 3 rings (SSSR count). The fraction of sp³-hybridized carbons (Fsp3) is 0.240. The number of benzene rings is 3. The second-order valence-electron chi connectivity index (χ2n) is 7.64. The summed E-state index contributed by atoms with van der Waals surface area (Å²) in [6, 6.07) is 23.0. The zero-order valence-electron chi connectivity index (χ0n) is 18.5. The molecule has 0 saturated heterocycles. The average molecular weight is 453 g/mol. The summed E-state index contributed by atoms with van der Waals surface area (Å²) in [5.74, 6) is 0.324. The number of nitrogens with one attached hydrogen (secondary N) is 1. The molecule has 3 aromatic carbocycles. The molecule has 1 N–H and O–H groups in total. The normalized spacial score (nSPS) is 12.1. The lowest BCUT2D eigenvalue weighted by Gasteiger charge is -2.25. The molecule has 0 aliphatic carbocycles.